The Kier molecular flexibility index (Phi) is 11.3. The standard InChI is InChI=1S/C61H46N2/c1-2-7-15-46(14-6-1)50-22-34-56(35-23-50)62(57-36-24-51(25-37-57)47-16-8-3-9-17-47)60-42-30-54(31-43-60)55-32-44-61(45-33-55)63(58-38-26-52(27-39-58)48-18-10-4-11-19-48)59-40-28-53(29-41-59)49-20-12-5-13-21-49/h1,3-45H,2H2. The van der Waals surface area contributed by atoms with Crippen LogP contribution in [0.5, 0.6) is 0 Å². The van der Waals surface area contributed by atoms with Crippen molar-refractivity contribution in [3.8, 4) is 44.5 Å². The second-order valence-corrected chi connectivity index (χ2v) is 15.7. The van der Waals surface area contributed by atoms with Crippen molar-refractivity contribution < 1.29 is 0 Å². The minimum atomic E-state index is 0.956. The molecule has 2 heteroatoms. The summed E-state index contributed by atoms with van der Waals surface area (Å²) in [5.74, 6) is 0. The van der Waals surface area contributed by atoms with Crippen LogP contribution in [0, 0.1) is 0 Å². The highest BCUT2D eigenvalue weighted by molar-refractivity contribution is 5.84. The van der Waals surface area contributed by atoms with Crippen LogP contribution in [0.4, 0.5) is 34.1 Å². The van der Waals surface area contributed by atoms with E-state index in [9.17, 15) is 0 Å². The minimum absolute atomic E-state index is 0.956. The molecule has 0 heterocycles. The molecule has 9 aromatic carbocycles. The van der Waals surface area contributed by atoms with Gasteiger partial charge in [-0.15, -0.1) is 0 Å². The molecule has 0 N–H and O–H groups in total. The molecule has 10 rings (SSSR count). The third-order valence-electron chi connectivity index (χ3n) is 11.7. The van der Waals surface area contributed by atoms with E-state index in [2.05, 4.69) is 277 Å². The fraction of sp³-hybridized carbons (Fsp3) is 0.0164. The second-order valence-electron chi connectivity index (χ2n) is 15.7. The topological polar surface area (TPSA) is 6.48 Å². The average Bonchev–Trinajstić information content (AvgIpc) is 3.67. The molecule has 0 spiro atoms. The van der Waals surface area contributed by atoms with E-state index in [1.54, 1.807) is 0 Å². The van der Waals surface area contributed by atoms with Crippen LogP contribution in [-0.4, -0.2) is 0 Å². The Hall–Kier alpha value is -8.20. The van der Waals surface area contributed by atoms with Gasteiger partial charge in [-0.2, -0.15) is 0 Å². The van der Waals surface area contributed by atoms with Crippen LogP contribution >= 0.6 is 0 Å². The van der Waals surface area contributed by atoms with Crippen LogP contribution < -0.4 is 9.80 Å². The van der Waals surface area contributed by atoms with E-state index in [1.165, 1.54) is 44.5 Å². The van der Waals surface area contributed by atoms with Gasteiger partial charge < -0.3 is 9.80 Å². The first kappa shape index (κ1) is 39.0. The third kappa shape index (κ3) is 8.70. The van der Waals surface area contributed by atoms with E-state index in [0.717, 1.165) is 51.7 Å². The Bertz CT molecular complexity index is 2900. The van der Waals surface area contributed by atoms with Crippen LogP contribution in [0.1, 0.15) is 12.0 Å². The molecule has 1 aliphatic rings. The lowest BCUT2D eigenvalue weighted by molar-refractivity contribution is 1.28. The van der Waals surface area contributed by atoms with Gasteiger partial charge in [-0.1, -0.05) is 194 Å². The SMILES string of the molecule is C1=CCC=CC(c2ccc(N(c3ccc(-c4ccccc4)cc3)c3ccc(-c4ccc(N(c5ccc(-c6ccccc6)cc5)c5ccc(-c6ccccc6)cc5)cc4)cc3)cc2)=C1. The number of hydrogen-bond donors (Lipinski definition) is 0. The Balaban J connectivity index is 0.958. The molecule has 63 heavy (non-hydrogen) atoms. The fourth-order valence-corrected chi connectivity index (χ4v) is 8.38. The Morgan fingerprint density at radius 3 is 0.778 bits per heavy atom. The lowest BCUT2D eigenvalue weighted by Gasteiger charge is -2.27. The molecule has 0 radical (unpaired) electrons. The molecule has 0 aromatic heterocycles. The predicted molar refractivity (Wildman–Crippen MR) is 268 cm³/mol. The number of hydrogen-bond acceptors (Lipinski definition) is 2. The van der Waals surface area contributed by atoms with Crippen LogP contribution in [0.2, 0.25) is 0 Å². The summed E-state index contributed by atoms with van der Waals surface area (Å²) in [6.45, 7) is 0. The molecule has 2 nitrogen and oxygen atoms in total. The smallest absolute Gasteiger partial charge is 0.0462 e. The molecule has 0 saturated heterocycles. The van der Waals surface area contributed by atoms with E-state index < -0.39 is 0 Å². The second kappa shape index (κ2) is 18.2. The molecule has 0 bridgehead atoms. The summed E-state index contributed by atoms with van der Waals surface area (Å²) in [5.41, 5.74) is 18.5. The van der Waals surface area contributed by atoms with Crippen molar-refractivity contribution in [1.82, 2.24) is 0 Å². The summed E-state index contributed by atoms with van der Waals surface area (Å²) in [5, 5.41) is 0. The Morgan fingerprint density at radius 1 is 0.238 bits per heavy atom. The zero-order valence-electron chi connectivity index (χ0n) is 35.0. The molecular weight excluding hydrogens is 761 g/mol. The number of nitrogens with zero attached hydrogens (tertiary/aromatic N) is 2. The summed E-state index contributed by atoms with van der Waals surface area (Å²) in [7, 11) is 0. The van der Waals surface area contributed by atoms with Crippen molar-refractivity contribution in [2.24, 2.45) is 0 Å². The fourth-order valence-electron chi connectivity index (χ4n) is 8.38. The van der Waals surface area contributed by atoms with Crippen molar-refractivity contribution in [2.45, 2.75) is 6.42 Å². The molecule has 9 aromatic rings. The van der Waals surface area contributed by atoms with Gasteiger partial charge in [0, 0.05) is 34.1 Å². The third-order valence-corrected chi connectivity index (χ3v) is 11.7. The number of rotatable bonds is 11. The predicted octanol–water partition coefficient (Wildman–Crippen LogP) is 17.2. The van der Waals surface area contributed by atoms with Crippen LogP contribution in [-0.2, 0) is 0 Å². The number of benzene rings is 9. The zero-order valence-corrected chi connectivity index (χ0v) is 35.0. The van der Waals surface area contributed by atoms with Crippen LogP contribution in [0.3, 0.4) is 0 Å². The molecule has 1 aliphatic carbocycles. The van der Waals surface area contributed by atoms with Crippen molar-refractivity contribution in [2.75, 3.05) is 9.80 Å². The summed E-state index contributed by atoms with van der Waals surface area (Å²) >= 11 is 0. The van der Waals surface area contributed by atoms with Gasteiger partial charge in [0.15, 0.2) is 0 Å². The molecule has 0 aliphatic heterocycles. The van der Waals surface area contributed by atoms with E-state index in [4.69, 9.17) is 0 Å². The maximum absolute atomic E-state index is 2.34. The van der Waals surface area contributed by atoms with Gasteiger partial charge >= 0.3 is 0 Å². The molecule has 0 amide bonds. The first-order chi connectivity index (χ1) is 31.2. The molecule has 0 unspecified atom stereocenters. The van der Waals surface area contributed by atoms with Crippen LogP contribution in [0.25, 0.3) is 50.1 Å². The summed E-state index contributed by atoms with van der Waals surface area (Å²) in [6, 6.07) is 85.1. The highest BCUT2D eigenvalue weighted by atomic mass is 15.1. The van der Waals surface area contributed by atoms with Crippen molar-refractivity contribution >= 4 is 39.7 Å². The van der Waals surface area contributed by atoms with E-state index in [0.29, 0.717) is 0 Å². The number of allylic oxidation sites excluding steroid dienone is 6. The minimum Gasteiger partial charge on any atom is -0.311 e. The Labute approximate surface area is 371 Å². The lowest BCUT2D eigenvalue weighted by Crippen LogP contribution is -2.10. The molecule has 0 saturated carbocycles. The summed E-state index contributed by atoms with van der Waals surface area (Å²) in [4.78, 5) is 4.68. The van der Waals surface area contributed by atoms with Gasteiger partial charge in [-0.25, -0.2) is 0 Å². The van der Waals surface area contributed by atoms with Crippen LogP contribution in [0.15, 0.2) is 267 Å². The van der Waals surface area contributed by atoms with Gasteiger partial charge in [0.05, 0.1) is 0 Å². The van der Waals surface area contributed by atoms with E-state index >= 15 is 0 Å². The Morgan fingerprint density at radius 2 is 0.492 bits per heavy atom. The van der Waals surface area contributed by atoms with Gasteiger partial charge in [0.1, 0.15) is 0 Å². The maximum Gasteiger partial charge on any atom is 0.0462 e. The maximum atomic E-state index is 2.34. The highest BCUT2D eigenvalue weighted by Gasteiger charge is 2.16. The molecule has 0 fully saturated rings. The zero-order chi connectivity index (χ0) is 42.2. The quantitative estimate of drug-likeness (QED) is 0.128. The van der Waals surface area contributed by atoms with Gasteiger partial charge in [0.25, 0.3) is 0 Å². The molecule has 300 valence electrons. The molecular formula is C61H46N2. The summed E-state index contributed by atoms with van der Waals surface area (Å²) in [6.07, 6.45) is 11.9. The number of anilines is 6. The van der Waals surface area contributed by atoms with Crippen molar-refractivity contribution in [3.63, 3.8) is 0 Å². The van der Waals surface area contributed by atoms with Gasteiger partial charge in [-0.05, 0) is 135 Å². The molecule has 0 atom stereocenters. The lowest BCUT2D eigenvalue weighted by atomic mass is 10.0. The van der Waals surface area contributed by atoms with E-state index in [-0.39, 0.29) is 0 Å². The normalized spacial score (nSPS) is 12.0. The first-order valence-electron chi connectivity index (χ1n) is 21.6. The monoisotopic (exact) mass is 806 g/mol. The highest BCUT2D eigenvalue weighted by Crippen LogP contribution is 2.40. The van der Waals surface area contributed by atoms with Crippen molar-refractivity contribution in [3.05, 3.63) is 273 Å². The largest absolute Gasteiger partial charge is 0.311 e. The average molecular weight is 807 g/mol. The first-order valence-corrected chi connectivity index (χ1v) is 21.6. The summed E-state index contributed by atoms with van der Waals surface area (Å²) < 4.78 is 0. The van der Waals surface area contributed by atoms with Gasteiger partial charge in [0.2, 0.25) is 0 Å². The van der Waals surface area contributed by atoms with Gasteiger partial charge in [-0.3, -0.25) is 0 Å². The van der Waals surface area contributed by atoms with E-state index in [1.807, 2.05) is 0 Å². The van der Waals surface area contributed by atoms with Crippen molar-refractivity contribution in [1.29, 1.82) is 0 Å².